The van der Waals surface area contributed by atoms with Crippen LogP contribution in [0.3, 0.4) is 0 Å². The van der Waals surface area contributed by atoms with Crippen LogP contribution in [0.1, 0.15) is 11.1 Å². The Morgan fingerprint density at radius 3 is 2.50 bits per heavy atom. The van der Waals surface area contributed by atoms with Crippen LogP contribution < -0.4 is 10.1 Å². The van der Waals surface area contributed by atoms with Gasteiger partial charge in [-0.1, -0.05) is 18.2 Å². The maximum absolute atomic E-state index is 12.6. The first kappa shape index (κ1) is 14.2. The molecule has 0 saturated heterocycles. The number of alkyl halides is 3. The lowest BCUT2D eigenvalue weighted by molar-refractivity contribution is -0.137. The van der Waals surface area contributed by atoms with Crippen molar-refractivity contribution < 1.29 is 17.9 Å². The van der Waals surface area contributed by atoms with Crippen molar-refractivity contribution in [2.75, 3.05) is 12.4 Å². The number of hydrogen-bond donors (Lipinski definition) is 1. The number of rotatable bonds is 4. The number of ether oxygens (including phenoxy) is 1. The van der Waals surface area contributed by atoms with Gasteiger partial charge in [-0.25, -0.2) is 0 Å². The third-order valence-electron chi connectivity index (χ3n) is 2.82. The second-order valence-corrected chi connectivity index (χ2v) is 4.28. The summed E-state index contributed by atoms with van der Waals surface area (Å²) in [6.07, 6.45) is -4.33. The summed E-state index contributed by atoms with van der Waals surface area (Å²) in [5.41, 5.74) is 0.706. The summed E-state index contributed by atoms with van der Waals surface area (Å²) in [5.74, 6) is 0.716. The van der Waals surface area contributed by atoms with Crippen molar-refractivity contribution in [3.63, 3.8) is 0 Å². The Morgan fingerprint density at radius 2 is 1.80 bits per heavy atom. The summed E-state index contributed by atoms with van der Waals surface area (Å²) in [6, 6.07) is 12.5. The van der Waals surface area contributed by atoms with Crippen molar-refractivity contribution in [3.05, 3.63) is 59.7 Å². The molecule has 0 atom stereocenters. The average Bonchev–Trinajstić information content (AvgIpc) is 2.45. The SMILES string of the molecule is COc1cccc(CNc2cccc(C(F)(F)F)c2)c1. The number of nitrogens with one attached hydrogen (secondary N) is 1. The highest BCUT2D eigenvalue weighted by Crippen LogP contribution is 2.30. The molecule has 0 amide bonds. The van der Waals surface area contributed by atoms with E-state index >= 15 is 0 Å². The first-order valence-corrected chi connectivity index (χ1v) is 6.03. The lowest BCUT2D eigenvalue weighted by atomic mass is 10.1. The molecular weight excluding hydrogens is 267 g/mol. The van der Waals surface area contributed by atoms with Crippen LogP contribution in [-0.2, 0) is 12.7 Å². The molecule has 1 N–H and O–H groups in total. The summed E-state index contributed by atoms with van der Waals surface area (Å²) >= 11 is 0. The first-order chi connectivity index (χ1) is 9.49. The van der Waals surface area contributed by atoms with Crippen molar-refractivity contribution in [1.29, 1.82) is 0 Å². The molecule has 0 unspecified atom stereocenters. The van der Waals surface area contributed by atoms with Gasteiger partial charge in [0.2, 0.25) is 0 Å². The minimum absolute atomic E-state index is 0.429. The highest BCUT2D eigenvalue weighted by atomic mass is 19.4. The van der Waals surface area contributed by atoms with Crippen molar-refractivity contribution in [1.82, 2.24) is 0 Å². The number of benzene rings is 2. The van der Waals surface area contributed by atoms with E-state index in [0.717, 1.165) is 17.7 Å². The van der Waals surface area contributed by atoms with Gasteiger partial charge in [0.25, 0.3) is 0 Å². The summed E-state index contributed by atoms with van der Waals surface area (Å²) in [7, 11) is 1.57. The summed E-state index contributed by atoms with van der Waals surface area (Å²) in [6.45, 7) is 0.429. The van der Waals surface area contributed by atoms with Gasteiger partial charge in [-0.2, -0.15) is 13.2 Å². The van der Waals surface area contributed by atoms with Gasteiger partial charge >= 0.3 is 6.18 Å². The van der Waals surface area contributed by atoms with Crippen LogP contribution in [0.25, 0.3) is 0 Å². The molecular formula is C15H14F3NO. The summed E-state index contributed by atoms with van der Waals surface area (Å²) in [4.78, 5) is 0. The first-order valence-electron chi connectivity index (χ1n) is 6.03. The van der Waals surface area contributed by atoms with E-state index in [0.29, 0.717) is 18.0 Å². The zero-order valence-corrected chi connectivity index (χ0v) is 10.9. The smallest absolute Gasteiger partial charge is 0.416 e. The Bertz CT molecular complexity index is 581. The predicted molar refractivity (Wildman–Crippen MR) is 71.8 cm³/mol. The highest BCUT2D eigenvalue weighted by Gasteiger charge is 2.30. The van der Waals surface area contributed by atoms with Gasteiger partial charge in [-0.3, -0.25) is 0 Å². The molecule has 0 fully saturated rings. The van der Waals surface area contributed by atoms with Crippen LogP contribution in [0.5, 0.6) is 5.75 Å². The van der Waals surface area contributed by atoms with Gasteiger partial charge in [-0.15, -0.1) is 0 Å². The molecule has 0 saturated carbocycles. The zero-order chi connectivity index (χ0) is 14.6. The Hall–Kier alpha value is -2.17. The summed E-state index contributed by atoms with van der Waals surface area (Å²) < 4.78 is 42.9. The summed E-state index contributed by atoms with van der Waals surface area (Å²) in [5, 5.41) is 2.97. The molecule has 2 aromatic rings. The number of halogens is 3. The van der Waals surface area contributed by atoms with Gasteiger partial charge in [0, 0.05) is 12.2 Å². The van der Waals surface area contributed by atoms with Crippen LogP contribution in [0.15, 0.2) is 48.5 Å². The van der Waals surface area contributed by atoms with E-state index in [4.69, 9.17) is 4.74 Å². The monoisotopic (exact) mass is 281 g/mol. The maximum atomic E-state index is 12.6. The molecule has 0 spiro atoms. The standard InChI is InChI=1S/C15H14F3NO/c1-20-14-7-2-4-11(8-14)10-19-13-6-3-5-12(9-13)15(16,17)18/h2-9,19H,10H2,1H3. The van der Waals surface area contributed by atoms with Crippen molar-refractivity contribution in [2.45, 2.75) is 12.7 Å². The normalized spacial score (nSPS) is 11.2. The van der Waals surface area contributed by atoms with E-state index in [9.17, 15) is 13.2 Å². The molecule has 106 valence electrons. The molecule has 0 heterocycles. The largest absolute Gasteiger partial charge is 0.497 e. The van der Waals surface area contributed by atoms with Crippen LogP contribution in [0.4, 0.5) is 18.9 Å². The van der Waals surface area contributed by atoms with E-state index in [2.05, 4.69) is 5.32 Å². The second kappa shape index (κ2) is 5.86. The van der Waals surface area contributed by atoms with Gasteiger partial charge in [0.1, 0.15) is 5.75 Å². The van der Waals surface area contributed by atoms with Gasteiger partial charge < -0.3 is 10.1 Å². The maximum Gasteiger partial charge on any atom is 0.416 e. The lowest BCUT2D eigenvalue weighted by Crippen LogP contribution is -2.06. The van der Waals surface area contributed by atoms with Gasteiger partial charge in [-0.05, 0) is 35.9 Å². The zero-order valence-electron chi connectivity index (χ0n) is 10.9. The molecule has 0 aromatic heterocycles. The Kier molecular flexibility index (Phi) is 4.17. The average molecular weight is 281 g/mol. The number of methoxy groups -OCH3 is 1. The minimum atomic E-state index is -4.33. The number of hydrogen-bond acceptors (Lipinski definition) is 2. The van der Waals surface area contributed by atoms with Crippen LogP contribution in [-0.4, -0.2) is 7.11 Å². The fourth-order valence-corrected chi connectivity index (χ4v) is 1.79. The molecule has 2 aromatic carbocycles. The molecule has 0 aliphatic rings. The fourth-order valence-electron chi connectivity index (χ4n) is 1.79. The minimum Gasteiger partial charge on any atom is -0.497 e. The third-order valence-corrected chi connectivity index (χ3v) is 2.82. The van der Waals surface area contributed by atoms with Crippen LogP contribution in [0.2, 0.25) is 0 Å². The highest BCUT2D eigenvalue weighted by molar-refractivity contribution is 5.47. The molecule has 5 heteroatoms. The molecule has 2 rings (SSSR count). The molecule has 2 nitrogen and oxygen atoms in total. The fraction of sp³-hybridized carbons (Fsp3) is 0.200. The quantitative estimate of drug-likeness (QED) is 0.900. The molecule has 20 heavy (non-hydrogen) atoms. The number of anilines is 1. The van der Waals surface area contributed by atoms with Crippen molar-refractivity contribution in [2.24, 2.45) is 0 Å². The predicted octanol–water partition coefficient (Wildman–Crippen LogP) is 4.33. The van der Waals surface area contributed by atoms with Crippen LogP contribution >= 0.6 is 0 Å². The molecule has 0 radical (unpaired) electrons. The van der Waals surface area contributed by atoms with E-state index in [1.165, 1.54) is 6.07 Å². The van der Waals surface area contributed by atoms with E-state index in [1.54, 1.807) is 13.2 Å². The second-order valence-electron chi connectivity index (χ2n) is 4.28. The molecule has 0 aliphatic heterocycles. The Balaban J connectivity index is 2.07. The van der Waals surface area contributed by atoms with Crippen molar-refractivity contribution >= 4 is 5.69 Å². The van der Waals surface area contributed by atoms with Gasteiger partial charge in [0.15, 0.2) is 0 Å². The Morgan fingerprint density at radius 1 is 1.05 bits per heavy atom. The Labute approximate surface area is 115 Å². The third kappa shape index (κ3) is 3.66. The van der Waals surface area contributed by atoms with Crippen LogP contribution in [0, 0.1) is 0 Å². The molecule has 0 aliphatic carbocycles. The van der Waals surface area contributed by atoms with Gasteiger partial charge in [0.05, 0.1) is 12.7 Å². The van der Waals surface area contributed by atoms with E-state index in [-0.39, 0.29) is 0 Å². The lowest BCUT2D eigenvalue weighted by Gasteiger charge is -2.11. The van der Waals surface area contributed by atoms with E-state index < -0.39 is 11.7 Å². The molecule has 0 bridgehead atoms. The topological polar surface area (TPSA) is 21.3 Å². The van der Waals surface area contributed by atoms with Crippen molar-refractivity contribution in [3.8, 4) is 5.75 Å². The van der Waals surface area contributed by atoms with E-state index in [1.807, 2.05) is 24.3 Å².